The van der Waals surface area contributed by atoms with Crippen molar-refractivity contribution < 1.29 is 24.2 Å². The van der Waals surface area contributed by atoms with Crippen molar-refractivity contribution in [3.63, 3.8) is 0 Å². The summed E-state index contributed by atoms with van der Waals surface area (Å²) >= 11 is 0. The molecule has 1 heterocycles. The van der Waals surface area contributed by atoms with Crippen molar-refractivity contribution >= 4 is 22.8 Å². The van der Waals surface area contributed by atoms with E-state index in [1.807, 2.05) is 0 Å². The molecule has 2 rings (SSSR count). The Hall–Kier alpha value is -2.70. The third kappa shape index (κ3) is 3.02. The van der Waals surface area contributed by atoms with Crippen LogP contribution in [0.25, 0.3) is 10.9 Å². The average molecular weight is 334 g/mol. The van der Waals surface area contributed by atoms with Gasteiger partial charge in [-0.2, -0.15) is 0 Å². The summed E-state index contributed by atoms with van der Waals surface area (Å²) < 4.78 is 12.4. The molecule has 0 radical (unpaired) electrons. The maximum absolute atomic E-state index is 12.6. The minimum atomic E-state index is -1.06. The smallest absolute Gasteiger partial charge is 0.326 e. The van der Waals surface area contributed by atoms with E-state index in [9.17, 15) is 14.7 Å². The van der Waals surface area contributed by atoms with E-state index in [2.05, 4.69) is 5.32 Å². The quantitative estimate of drug-likeness (QED) is 0.844. The first-order valence-electron chi connectivity index (χ1n) is 7.55. The van der Waals surface area contributed by atoms with Gasteiger partial charge in [0, 0.05) is 12.4 Å². The zero-order chi connectivity index (χ0) is 18.0. The molecule has 0 bridgehead atoms. The van der Waals surface area contributed by atoms with Crippen LogP contribution in [0.4, 0.5) is 0 Å². The number of amides is 1. The van der Waals surface area contributed by atoms with E-state index in [1.165, 1.54) is 0 Å². The highest BCUT2D eigenvalue weighted by atomic mass is 16.5. The van der Waals surface area contributed by atoms with E-state index in [0.717, 1.165) is 5.39 Å². The minimum absolute atomic E-state index is 0.231. The van der Waals surface area contributed by atoms with Gasteiger partial charge in [0.2, 0.25) is 0 Å². The molecule has 0 aliphatic rings. The number of carboxylic acids is 1. The number of rotatable bonds is 6. The number of hydrogen-bond acceptors (Lipinski definition) is 4. The predicted octanol–water partition coefficient (Wildman–Crippen LogP) is 2.03. The van der Waals surface area contributed by atoms with E-state index in [4.69, 9.17) is 9.47 Å². The standard InChI is InChI=1S/C17H22N2O5/c1-9(2)14(17(21)22)18-16(20)11-8-10-12(23-4)6-7-13(24-5)15(10)19(11)3/h6-9,14H,1-5H3,(H,18,20)(H,21,22). The number of nitrogens with one attached hydrogen (secondary N) is 1. The van der Waals surface area contributed by atoms with Crippen LogP contribution in [0.15, 0.2) is 18.2 Å². The highest BCUT2D eigenvalue weighted by Gasteiger charge is 2.26. The van der Waals surface area contributed by atoms with Crippen LogP contribution in [0.3, 0.4) is 0 Å². The Morgan fingerprint density at radius 3 is 2.25 bits per heavy atom. The molecular weight excluding hydrogens is 312 g/mol. The van der Waals surface area contributed by atoms with Crippen LogP contribution in [-0.2, 0) is 11.8 Å². The number of nitrogens with zero attached hydrogens (tertiary/aromatic N) is 1. The van der Waals surface area contributed by atoms with Gasteiger partial charge in [0.15, 0.2) is 0 Å². The van der Waals surface area contributed by atoms with Gasteiger partial charge >= 0.3 is 5.97 Å². The largest absolute Gasteiger partial charge is 0.496 e. The van der Waals surface area contributed by atoms with Crippen LogP contribution in [0.2, 0.25) is 0 Å². The Balaban J connectivity index is 2.51. The summed E-state index contributed by atoms with van der Waals surface area (Å²) in [6.45, 7) is 3.49. The lowest BCUT2D eigenvalue weighted by Crippen LogP contribution is -2.44. The summed E-state index contributed by atoms with van der Waals surface area (Å²) in [6, 6.07) is 4.23. The summed E-state index contributed by atoms with van der Waals surface area (Å²) in [7, 11) is 4.82. The first-order valence-corrected chi connectivity index (χ1v) is 7.55. The molecule has 1 aromatic carbocycles. The average Bonchev–Trinajstić information content (AvgIpc) is 2.89. The molecule has 2 N–H and O–H groups in total. The van der Waals surface area contributed by atoms with Crippen molar-refractivity contribution in [2.75, 3.05) is 14.2 Å². The van der Waals surface area contributed by atoms with E-state index in [0.29, 0.717) is 22.7 Å². The molecule has 1 aromatic heterocycles. The SMILES string of the molecule is COc1ccc(OC)c2c1cc(C(=O)NC(C(=O)O)C(C)C)n2C. The normalized spacial score (nSPS) is 12.2. The summed E-state index contributed by atoms with van der Waals surface area (Å²) in [5, 5.41) is 12.5. The van der Waals surface area contributed by atoms with Crippen LogP contribution >= 0.6 is 0 Å². The molecule has 0 fully saturated rings. The molecule has 1 atom stereocenters. The molecule has 1 unspecified atom stereocenters. The highest BCUT2D eigenvalue weighted by molar-refractivity contribution is 6.03. The van der Waals surface area contributed by atoms with Gasteiger partial charge in [0.05, 0.1) is 19.7 Å². The topological polar surface area (TPSA) is 89.8 Å². The maximum atomic E-state index is 12.6. The van der Waals surface area contributed by atoms with E-state index in [1.54, 1.807) is 57.9 Å². The van der Waals surface area contributed by atoms with Crippen molar-refractivity contribution in [2.24, 2.45) is 13.0 Å². The molecular formula is C17H22N2O5. The lowest BCUT2D eigenvalue weighted by atomic mass is 10.0. The summed E-state index contributed by atoms with van der Waals surface area (Å²) in [4.78, 5) is 23.9. The van der Waals surface area contributed by atoms with Crippen molar-refractivity contribution in [1.82, 2.24) is 9.88 Å². The molecule has 7 heteroatoms. The van der Waals surface area contributed by atoms with Gasteiger partial charge in [-0.1, -0.05) is 13.8 Å². The van der Waals surface area contributed by atoms with Crippen molar-refractivity contribution in [1.29, 1.82) is 0 Å². The Kier molecular flexibility index (Phi) is 5.02. The fourth-order valence-electron chi connectivity index (χ4n) is 2.70. The summed E-state index contributed by atoms with van der Waals surface area (Å²) in [6.07, 6.45) is 0. The number of aliphatic carboxylic acids is 1. The molecule has 0 saturated carbocycles. The van der Waals surface area contributed by atoms with Gasteiger partial charge in [-0.3, -0.25) is 4.79 Å². The van der Waals surface area contributed by atoms with Crippen LogP contribution in [-0.4, -0.2) is 41.8 Å². The molecule has 2 aromatic rings. The Morgan fingerprint density at radius 2 is 1.75 bits per heavy atom. The fourth-order valence-corrected chi connectivity index (χ4v) is 2.70. The molecule has 0 saturated heterocycles. The molecule has 7 nitrogen and oxygen atoms in total. The molecule has 0 spiro atoms. The van der Waals surface area contributed by atoms with Gasteiger partial charge in [0.25, 0.3) is 5.91 Å². The number of aromatic nitrogens is 1. The lowest BCUT2D eigenvalue weighted by Gasteiger charge is -2.18. The van der Waals surface area contributed by atoms with E-state index in [-0.39, 0.29) is 5.92 Å². The second-order valence-electron chi connectivity index (χ2n) is 5.85. The Bertz CT molecular complexity index is 779. The summed E-state index contributed by atoms with van der Waals surface area (Å²) in [5.41, 5.74) is 1.04. The molecule has 1 amide bonds. The van der Waals surface area contributed by atoms with Gasteiger partial charge in [-0.25, -0.2) is 4.79 Å². The van der Waals surface area contributed by atoms with Gasteiger partial charge in [-0.15, -0.1) is 0 Å². The number of carbonyl (C=O) groups is 2. The van der Waals surface area contributed by atoms with Crippen LogP contribution in [0.1, 0.15) is 24.3 Å². The number of aryl methyl sites for hydroxylation is 1. The lowest BCUT2D eigenvalue weighted by molar-refractivity contribution is -0.140. The van der Waals surface area contributed by atoms with Gasteiger partial charge in [0.1, 0.15) is 23.2 Å². The number of fused-ring (bicyclic) bond motifs is 1. The third-order valence-electron chi connectivity index (χ3n) is 4.01. The Labute approximate surface area is 140 Å². The maximum Gasteiger partial charge on any atom is 0.326 e. The molecule has 0 aliphatic carbocycles. The molecule has 0 aliphatic heterocycles. The number of hydrogen-bond donors (Lipinski definition) is 2. The van der Waals surface area contributed by atoms with Crippen molar-refractivity contribution in [2.45, 2.75) is 19.9 Å². The second kappa shape index (κ2) is 6.82. The number of carboxylic acid groups (broad SMARTS) is 1. The van der Waals surface area contributed by atoms with E-state index < -0.39 is 17.9 Å². The zero-order valence-electron chi connectivity index (χ0n) is 14.4. The van der Waals surface area contributed by atoms with Crippen LogP contribution in [0.5, 0.6) is 11.5 Å². The van der Waals surface area contributed by atoms with Crippen LogP contribution < -0.4 is 14.8 Å². The molecule has 24 heavy (non-hydrogen) atoms. The van der Waals surface area contributed by atoms with Crippen LogP contribution in [0, 0.1) is 5.92 Å². The summed E-state index contributed by atoms with van der Waals surface area (Å²) in [5.74, 6) is -0.540. The first kappa shape index (κ1) is 17.7. The third-order valence-corrected chi connectivity index (χ3v) is 4.01. The number of ether oxygens (including phenoxy) is 2. The fraction of sp³-hybridized carbons (Fsp3) is 0.412. The van der Waals surface area contributed by atoms with E-state index >= 15 is 0 Å². The number of benzene rings is 1. The second-order valence-corrected chi connectivity index (χ2v) is 5.85. The molecule has 130 valence electrons. The minimum Gasteiger partial charge on any atom is -0.496 e. The van der Waals surface area contributed by atoms with Crippen molar-refractivity contribution in [3.8, 4) is 11.5 Å². The van der Waals surface area contributed by atoms with Gasteiger partial charge < -0.3 is 24.5 Å². The van der Waals surface area contributed by atoms with Crippen molar-refractivity contribution in [3.05, 3.63) is 23.9 Å². The monoisotopic (exact) mass is 334 g/mol. The number of methoxy groups -OCH3 is 2. The highest BCUT2D eigenvalue weighted by Crippen LogP contribution is 2.35. The first-order chi connectivity index (χ1) is 11.3. The zero-order valence-corrected chi connectivity index (χ0v) is 14.4. The number of carbonyl (C=O) groups excluding carboxylic acids is 1. The van der Waals surface area contributed by atoms with Gasteiger partial charge in [-0.05, 0) is 24.1 Å². The predicted molar refractivity (Wildman–Crippen MR) is 89.8 cm³/mol. The Morgan fingerprint density at radius 1 is 1.17 bits per heavy atom.